The van der Waals surface area contributed by atoms with Crippen molar-refractivity contribution in [3.8, 4) is 18.1 Å². The molecule has 0 bridgehead atoms. The van der Waals surface area contributed by atoms with E-state index in [0.29, 0.717) is 6.54 Å². The third-order valence-corrected chi connectivity index (χ3v) is 3.66. The Morgan fingerprint density at radius 2 is 2.00 bits per heavy atom. The van der Waals surface area contributed by atoms with Crippen LogP contribution in [0.2, 0.25) is 0 Å². The third-order valence-electron chi connectivity index (χ3n) is 2.41. The number of aryl methyl sites for hydroxylation is 2. The number of benzene rings is 1. The quantitative estimate of drug-likeness (QED) is 0.666. The Hall–Kier alpha value is -0.980. The average Bonchev–Trinajstić information content (AvgIpc) is 2.26. The summed E-state index contributed by atoms with van der Waals surface area (Å²) in [6, 6.07) is 4.07. The standard InChI is InChI=1S/C14H18BrNO/c1-5-6-16-9-12(4)17-13-7-10(2)14(15)11(3)8-13/h1,7-8,12,16H,6,9H2,2-4H3. The van der Waals surface area contributed by atoms with Gasteiger partial charge in [-0.25, -0.2) is 0 Å². The van der Waals surface area contributed by atoms with Crippen LogP contribution in [0.1, 0.15) is 18.1 Å². The predicted molar refractivity (Wildman–Crippen MR) is 75.4 cm³/mol. The van der Waals surface area contributed by atoms with Gasteiger partial charge < -0.3 is 10.1 Å². The molecule has 0 amide bonds. The summed E-state index contributed by atoms with van der Waals surface area (Å²) in [5.74, 6) is 3.44. The van der Waals surface area contributed by atoms with Gasteiger partial charge in [0.25, 0.3) is 0 Å². The Balaban J connectivity index is 2.60. The lowest BCUT2D eigenvalue weighted by atomic mass is 10.1. The SMILES string of the molecule is C#CCNCC(C)Oc1cc(C)c(Br)c(C)c1. The fourth-order valence-corrected chi connectivity index (χ4v) is 1.82. The summed E-state index contributed by atoms with van der Waals surface area (Å²) in [5.41, 5.74) is 2.37. The van der Waals surface area contributed by atoms with Gasteiger partial charge in [0.2, 0.25) is 0 Å². The molecule has 1 rings (SSSR count). The molecule has 0 aliphatic rings. The smallest absolute Gasteiger partial charge is 0.120 e. The Morgan fingerprint density at radius 3 is 2.53 bits per heavy atom. The molecule has 2 nitrogen and oxygen atoms in total. The molecule has 0 aliphatic heterocycles. The first-order valence-electron chi connectivity index (χ1n) is 5.62. The van der Waals surface area contributed by atoms with Gasteiger partial charge >= 0.3 is 0 Å². The van der Waals surface area contributed by atoms with Crippen molar-refractivity contribution in [2.45, 2.75) is 26.9 Å². The zero-order valence-corrected chi connectivity index (χ0v) is 12.1. The molecule has 0 saturated carbocycles. The molecule has 1 unspecified atom stereocenters. The first-order chi connectivity index (χ1) is 8.04. The molecule has 0 spiro atoms. The molecular weight excluding hydrogens is 278 g/mol. The molecule has 1 aromatic carbocycles. The summed E-state index contributed by atoms with van der Waals surface area (Å²) in [7, 11) is 0. The lowest BCUT2D eigenvalue weighted by molar-refractivity contribution is 0.219. The highest BCUT2D eigenvalue weighted by Crippen LogP contribution is 2.26. The van der Waals surface area contributed by atoms with Gasteiger partial charge in [-0.15, -0.1) is 6.42 Å². The van der Waals surface area contributed by atoms with Crippen molar-refractivity contribution in [3.63, 3.8) is 0 Å². The molecule has 0 aromatic heterocycles. The van der Waals surface area contributed by atoms with Crippen molar-refractivity contribution in [2.24, 2.45) is 0 Å². The van der Waals surface area contributed by atoms with Gasteiger partial charge in [0.05, 0.1) is 6.54 Å². The molecular formula is C14H18BrNO. The second kappa shape index (κ2) is 6.68. The van der Waals surface area contributed by atoms with Crippen molar-refractivity contribution in [1.82, 2.24) is 5.32 Å². The van der Waals surface area contributed by atoms with Crippen LogP contribution in [0.5, 0.6) is 5.75 Å². The maximum Gasteiger partial charge on any atom is 0.120 e. The van der Waals surface area contributed by atoms with E-state index in [1.165, 1.54) is 11.1 Å². The number of terminal acetylenes is 1. The van der Waals surface area contributed by atoms with E-state index in [1.807, 2.05) is 19.1 Å². The maximum absolute atomic E-state index is 5.83. The number of nitrogens with one attached hydrogen (secondary N) is 1. The van der Waals surface area contributed by atoms with Gasteiger partial charge in [0.1, 0.15) is 11.9 Å². The highest BCUT2D eigenvalue weighted by molar-refractivity contribution is 9.10. The van der Waals surface area contributed by atoms with Crippen LogP contribution in [0.3, 0.4) is 0 Å². The normalized spacial score (nSPS) is 11.9. The van der Waals surface area contributed by atoms with E-state index in [1.54, 1.807) is 0 Å². The fourth-order valence-electron chi connectivity index (χ4n) is 1.60. The number of rotatable bonds is 5. The monoisotopic (exact) mass is 295 g/mol. The highest BCUT2D eigenvalue weighted by atomic mass is 79.9. The predicted octanol–water partition coefficient (Wildman–Crippen LogP) is 3.06. The summed E-state index contributed by atoms with van der Waals surface area (Å²) in [5, 5.41) is 3.13. The zero-order valence-electron chi connectivity index (χ0n) is 10.5. The van der Waals surface area contributed by atoms with Crippen LogP contribution in [0.15, 0.2) is 16.6 Å². The van der Waals surface area contributed by atoms with E-state index in [2.05, 4.69) is 41.0 Å². The van der Waals surface area contributed by atoms with E-state index < -0.39 is 0 Å². The number of hydrogen-bond donors (Lipinski definition) is 1. The number of hydrogen-bond acceptors (Lipinski definition) is 2. The first-order valence-corrected chi connectivity index (χ1v) is 6.41. The largest absolute Gasteiger partial charge is 0.489 e. The molecule has 0 aliphatic carbocycles. The summed E-state index contributed by atoms with van der Waals surface area (Å²) >= 11 is 3.54. The summed E-state index contributed by atoms with van der Waals surface area (Å²) in [6.07, 6.45) is 5.27. The molecule has 1 aromatic rings. The molecule has 3 heteroatoms. The molecule has 17 heavy (non-hydrogen) atoms. The minimum Gasteiger partial charge on any atom is -0.489 e. The summed E-state index contributed by atoms with van der Waals surface area (Å²) < 4.78 is 6.97. The van der Waals surface area contributed by atoms with Crippen LogP contribution in [0, 0.1) is 26.2 Å². The minimum atomic E-state index is 0.100. The first kappa shape index (κ1) is 14.1. The zero-order chi connectivity index (χ0) is 12.8. The van der Waals surface area contributed by atoms with E-state index >= 15 is 0 Å². The molecule has 1 N–H and O–H groups in total. The van der Waals surface area contributed by atoms with Crippen LogP contribution < -0.4 is 10.1 Å². The van der Waals surface area contributed by atoms with Gasteiger partial charge in [-0.2, -0.15) is 0 Å². The molecule has 92 valence electrons. The molecule has 0 heterocycles. The maximum atomic E-state index is 5.83. The molecule has 0 radical (unpaired) electrons. The van der Waals surface area contributed by atoms with E-state index in [4.69, 9.17) is 11.2 Å². The van der Waals surface area contributed by atoms with Gasteiger partial charge in [0.15, 0.2) is 0 Å². The topological polar surface area (TPSA) is 21.3 Å². The Labute approximate surface area is 112 Å². The van der Waals surface area contributed by atoms with Crippen molar-refractivity contribution >= 4 is 15.9 Å². The van der Waals surface area contributed by atoms with Crippen molar-refractivity contribution < 1.29 is 4.74 Å². The average molecular weight is 296 g/mol. The third kappa shape index (κ3) is 4.41. The summed E-state index contributed by atoms with van der Waals surface area (Å²) in [4.78, 5) is 0. The van der Waals surface area contributed by atoms with Crippen LogP contribution in [-0.4, -0.2) is 19.2 Å². The second-order valence-electron chi connectivity index (χ2n) is 4.13. The van der Waals surface area contributed by atoms with Gasteiger partial charge in [-0.1, -0.05) is 21.9 Å². The van der Waals surface area contributed by atoms with E-state index in [0.717, 1.165) is 16.8 Å². The lowest BCUT2D eigenvalue weighted by Crippen LogP contribution is -2.29. The second-order valence-corrected chi connectivity index (χ2v) is 4.93. The van der Waals surface area contributed by atoms with Crippen LogP contribution in [0.4, 0.5) is 0 Å². The van der Waals surface area contributed by atoms with Gasteiger partial charge in [0, 0.05) is 11.0 Å². The van der Waals surface area contributed by atoms with Gasteiger partial charge in [-0.05, 0) is 44.0 Å². The van der Waals surface area contributed by atoms with Gasteiger partial charge in [-0.3, -0.25) is 0 Å². The minimum absolute atomic E-state index is 0.100. The molecule has 0 saturated heterocycles. The molecule has 0 fully saturated rings. The van der Waals surface area contributed by atoms with Crippen molar-refractivity contribution in [3.05, 3.63) is 27.7 Å². The number of ether oxygens (including phenoxy) is 1. The Bertz CT molecular complexity index is 400. The van der Waals surface area contributed by atoms with Crippen molar-refractivity contribution in [1.29, 1.82) is 0 Å². The number of halogens is 1. The Morgan fingerprint density at radius 1 is 1.41 bits per heavy atom. The molecule has 1 atom stereocenters. The summed E-state index contributed by atoms with van der Waals surface area (Å²) in [6.45, 7) is 7.47. The lowest BCUT2D eigenvalue weighted by Gasteiger charge is -2.16. The van der Waals surface area contributed by atoms with E-state index in [-0.39, 0.29) is 6.10 Å². The Kier molecular flexibility index (Phi) is 5.54. The van der Waals surface area contributed by atoms with Crippen LogP contribution in [0.25, 0.3) is 0 Å². The fraction of sp³-hybridized carbons (Fsp3) is 0.429. The van der Waals surface area contributed by atoms with Crippen LogP contribution >= 0.6 is 15.9 Å². The van der Waals surface area contributed by atoms with E-state index in [9.17, 15) is 0 Å². The highest BCUT2D eigenvalue weighted by Gasteiger charge is 2.06. The van der Waals surface area contributed by atoms with Crippen molar-refractivity contribution in [2.75, 3.05) is 13.1 Å². The van der Waals surface area contributed by atoms with Crippen LogP contribution in [-0.2, 0) is 0 Å².